The van der Waals surface area contributed by atoms with E-state index >= 15 is 0 Å². The molecule has 1 aliphatic carbocycles. The Labute approximate surface area is 112 Å². The maximum Gasteiger partial charge on any atom is 0.311 e. The highest BCUT2D eigenvalue weighted by Gasteiger charge is 2.38. The van der Waals surface area contributed by atoms with E-state index in [0.29, 0.717) is 5.92 Å². The lowest BCUT2D eigenvalue weighted by Gasteiger charge is -2.40. The van der Waals surface area contributed by atoms with Gasteiger partial charge in [-0.05, 0) is 44.9 Å². The number of carbonyl (C=O) groups excluding carboxylic acids is 1. The fourth-order valence-electron chi connectivity index (χ4n) is 2.67. The Morgan fingerprint density at radius 1 is 1.11 bits per heavy atom. The van der Waals surface area contributed by atoms with Crippen LogP contribution in [0.4, 0.5) is 0 Å². The molecule has 0 bridgehead atoms. The third-order valence-electron chi connectivity index (χ3n) is 4.51. The summed E-state index contributed by atoms with van der Waals surface area (Å²) in [5.74, 6) is 0.481. The van der Waals surface area contributed by atoms with Crippen molar-refractivity contribution in [2.75, 3.05) is 0 Å². The molecule has 1 saturated carbocycles. The van der Waals surface area contributed by atoms with Gasteiger partial charge in [0.1, 0.15) is 6.10 Å². The van der Waals surface area contributed by atoms with Gasteiger partial charge in [-0.2, -0.15) is 0 Å². The Balaban J connectivity index is 2.72. The van der Waals surface area contributed by atoms with Crippen molar-refractivity contribution >= 4 is 5.97 Å². The molecule has 1 aliphatic rings. The third kappa shape index (κ3) is 3.73. The zero-order valence-electron chi connectivity index (χ0n) is 13.0. The van der Waals surface area contributed by atoms with E-state index in [-0.39, 0.29) is 22.9 Å². The predicted octanol–water partition coefficient (Wildman–Crippen LogP) is 4.57. The number of rotatable bonds is 3. The molecule has 2 nitrogen and oxygen atoms in total. The predicted molar refractivity (Wildman–Crippen MR) is 75.4 cm³/mol. The molecule has 0 spiro atoms. The molecule has 0 amide bonds. The van der Waals surface area contributed by atoms with Gasteiger partial charge in [-0.25, -0.2) is 0 Å². The van der Waals surface area contributed by atoms with E-state index < -0.39 is 0 Å². The van der Waals surface area contributed by atoms with Gasteiger partial charge in [-0.15, -0.1) is 0 Å². The number of hydrogen-bond acceptors (Lipinski definition) is 2. The SMILES string of the molecule is CCC(C)(C)C(=O)OC1CCCCC1C(C)(C)C. The molecule has 106 valence electrons. The maximum atomic E-state index is 12.2. The first-order chi connectivity index (χ1) is 8.18. The maximum absolute atomic E-state index is 12.2. The van der Waals surface area contributed by atoms with Crippen molar-refractivity contribution in [3.63, 3.8) is 0 Å². The summed E-state index contributed by atoms with van der Waals surface area (Å²) in [5, 5.41) is 0. The lowest BCUT2D eigenvalue weighted by molar-refractivity contribution is -0.167. The second-order valence-electron chi connectivity index (χ2n) is 7.44. The Kier molecular flexibility index (Phi) is 4.85. The molecule has 1 rings (SSSR count). The summed E-state index contributed by atoms with van der Waals surface area (Å²) in [6.07, 6.45) is 5.64. The average Bonchev–Trinajstić information content (AvgIpc) is 2.28. The van der Waals surface area contributed by atoms with Crippen LogP contribution in [0.1, 0.15) is 73.6 Å². The van der Waals surface area contributed by atoms with Crippen LogP contribution in [0.2, 0.25) is 0 Å². The molecule has 2 atom stereocenters. The van der Waals surface area contributed by atoms with E-state index in [2.05, 4.69) is 20.8 Å². The van der Waals surface area contributed by atoms with Crippen LogP contribution in [0.15, 0.2) is 0 Å². The van der Waals surface area contributed by atoms with Crippen molar-refractivity contribution < 1.29 is 9.53 Å². The van der Waals surface area contributed by atoms with Gasteiger partial charge in [0.2, 0.25) is 0 Å². The minimum Gasteiger partial charge on any atom is -0.462 e. The largest absolute Gasteiger partial charge is 0.462 e. The van der Waals surface area contributed by atoms with Crippen LogP contribution in [0.3, 0.4) is 0 Å². The standard InChI is InChI=1S/C16H30O2/c1-7-16(5,6)14(17)18-13-11-9-8-10-12(13)15(2,3)4/h12-13H,7-11H2,1-6H3. The molecule has 0 aromatic heterocycles. The smallest absolute Gasteiger partial charge is 0.311 e. The minimum absolute atomic E-state index is 0.0221. The number of carbonyl (C=O) groups is 1. The van der Waals surface area contributed by atoms with Crippen molar-refractivity contribution in [1.29, 1.82) is 0 Å². The monoisotopic (exact) mass is 254 g/mol. The minimum atomic E-state index is -0.347. The van der Waals surface area contributed by atoms with Gasteiger partial charge in [-0.3, -0.25) is 4.79 Å². The molecule has 0 radical (unpaired) electrons. The fourth-order valence-corrected chi connectivity index (χ4v) is 2.67. The zero-order valence-corrected chi connectivity index (χ0v) is 13.0. The van der Waals surface area contributed by atoms with Crippen molar-refractivity contribution in [3.05, 3.63) is 0 Å². The lowest BCUT2D eigenvalue weighted by atomic mass is 9.70. The molecule has 0 saturated heterocycles. The Hall–Kier alpha value is -0.530. The molecule has 0 aromatic carbocycles. The number of esters is 1. The second-order valence-corrected chi connectivity index (χ2v) is 7.44. The van der Waals surface area contributed by atoms with Gasteiger partial charge in [-0.1, -0.05) is 34.1 Å². The van der Waals surface area contributed by atoms with Gasteiger partial charge in [0, 0.05) is 5.92 Å². The Morgan fingerprint density at radius 2 is 1.67 bits per heavy atom. The van der Waals surface area contributed by atoms with Crippen LogP contribution < -0.4 is 0 Å². The van der Waals surface area contributed by atoms with Crippen LogP contribution in [0, 0.1) is 16.7 Å². The van der Waals surface area contributed by atoms with Gasteiger partial charge in [0.25, 0.3) is 0 Å². The van der Waals surface area contributed by atoms with E-state index in [1.807, 2.05) is 20.8 Å². The van der Waals surface area contributed by atoms with Crippen molar-refractivity contribution in [3.8, 4) is 0 Å². The lowest BCUT2D eigenvalue weighted by Crippen LogP contribution is -2.40. The molecule has 2 heteroatoms. The van der Waals surface area contributed by atoms with Gasteiger partial charge >= 0.3 is 5.97 Å². The molecule has 1 fully saturated rings. The molecule has 0 aliphatic heterocycles. The summed E-state index contributed by atoms with van der Waals surface area (Å²) in [6, 6.07) is 0. The average molecular weight is 254 g/mol. The third-order valence-corrected chi connectivity index (χ3v) is 4.51. The van der Waals surface area contributed by atoms with Crippen LogP contribution in [-0.4, -0.2) is 12.1 Å². The molecule has 18 heavy (non-hydrogen) atoms. The van der Waals surface area contributed by atoms with Gasteiger partial charge < -0.3 is 4.74 Å². The van der Waals surface area contributed by atoms with Crippen molar-refractivity contribution in [1.82, 2.24) is 0 Å². The summed E-state index contributed by atoms with van der Waals surface area (Å²) >= 11 is 0. The number of hydrogen-bond donors (Lipinski definition) is 0. The summed E-state index contributed by atoms with van der Waals surface area (Å²) in [6.45, 7) is 12.8. The van der Waals surface area contributed by atoms with Crippen LogP contribution in [0.5, 0.6) is 0 Å². The quantitative estimate of drug-likeness (QED) is 0.690. The highest BCUT2D eigenvalue weighted by Crippen LogP contribution is 2.40. The van der Waals surface area contributed by atoms with Gasteiger partial charge in [0.15, 0.2) is 0 Å². The van der Waals surface area contributed by atoms with E-state index in [1.165, 1.54) is 19.3 Å². The van der Waals surface area contributed by atoms with Crippen LogP contribution in [-0.2, 0) is 9.53 Å². The summed E-state index contributed by atoms with van der Waals surface area (Å²) in [4.78, 5) is 12.2. The normalized spacial score (nSPS) is 25.9. The summed E-state index contributed by atoms with van der Waals surface area (Å²) in [7, 11) is 0. The van der Waals surface area contributed by atoms with E-state index in [9.17, 15) is 4.79 Å². The summed E-state index contributed by atoms with van der Waals surface area (Å²) < 4.78 is 5.85. The summed E-state index contributed by atoms with van der Waals surface area (Å²) in [5.41, 5.74) is -0.123. The van der Waals surface area contributed by atoms with Crippen molar-refractivity contribution in [2.45, 2.75) is 79.8 Å². The second kappa shape index (κ2) is 5.63. The molecular weight excluding hydrogens is 224 g/mol. The van der Waals surface area contributed by atoms with E-state index in [0.717, 1.165) is 12.8 Å². The Bertz CT molecular complexity index is 286. The zero-order chi connectivity index (χ0) is 14.0. The molecule has 0 N–H and O–H groups in total. The van der Waals surface area contributed by atoms with E-state index in [4.69, 9.17) is 4.74 Å². The molecular formula is C16H30O2. The number of ether oxygens (including phenoxy) is 1. The van der Waals surface area contributed by atoms with Crippen LogP contribution >= 0.6 is 0 Å². The Morgan fingerprint density at radius 3 is 2.17 bits per heavy atom. The highest BCUT2D eigenvalue weighted by atomic mass is 16.5. The topological polar surface area (TPSA) is 26.3 Å². The van der Waals surface area contributed by atoms with Gasteiger partial charge in [0.05, 0.1) is 5.41 Å². The first-order valence-electron chi connectivity index (χ1n) is 7.39. The fraction of sp³-hybridized carbons (Fsp3) is 0.938. The molecule has 0 heterocycles. The first kappa shape index (κ1) is 15.5. The van der Waals surface area contributed by atoms with Crippen LogP contribution in [0.25, 0.3) is 0 Å². The van der Waals surface area contributed by atoms with Crippen molar-refractivity contribution in [2.24, 2.45) is 16.7 Å². The highest BCUT2D eigenvalue weighted by molar-refractivity contribution is 5.76. The molecule has 2 unspecified atom stereocenters. The molecule has 0 aromatic rings. The van der Waals surface area contributed by atoms with E-state index in [1.54, 1.807) is 0 Å². The first-order valence-corrected chi connectivity index (χ1v) is 7.39.